The summed E-state index contributed by atoms with van der Waals surface area (Å²) >= 11 is 9.35. The average Bonchev–Trinajstić information content (AvgIpc) is 2.36. The van der Waals surface area contributed by atoms with Gasteiger partial charge in [-0.2, -0.15) is 0 Å². The number of hydrogen-bond donors (Lipinski definition) is 1. The minimum absolute atomic E-state index is 0.161. The van der Waals surface area contributed by atoms with Gasteiger partial charge in [0.05, 0.1) is 5.69 Å². The summed E-state index contributed by atoms with van der Waals surface area (Å²) in [5.74, 6) is -0.161. The number of benzene rings is 2. The molecule has 0 saturated carbocycles. The van der Waals surface area contributed by atoms with Crippen LogP contribution in [0.15, 0.2) is 40.9 Å². The fourth-order valence-corrected chi connectivity index (χ4v) is 2.28. The monoisotopic (exact) mass is 337 g/mol. The molecule has 4 heteroatoms. The number of halogens is 2. The number of carbonyl (C=O) groups is 1. The molecule has 0 atom stereocenters. The predicted octanol–water partition coefficient (Wildman–Crippen LogP) is 4.97. The van der Waals surface area contributed by atoms with Crippen molar-refractivity contribution in [1.82, 2.24) is 0 Å². The zero-order valence-corrected chi connectivity index (χ0v) is 13.0. The van der Waals surface area contributed by atoms with E-state index in [9.17, 15) is 4.79 Å². The normalized spacial score (nSPS) is 10.3. The smallest absolute Gasteiger partial charge is 0.256 e. The molecule has 0 unspecified atom stereocenters. The lowest BCUT2D eigenvalue weighted by atomic mass is 10.1. The molecule has 1 amide bonds. The lowest BCUT2D eigenvalue weighted by molar-refractivity contribution is 0.102. The third-order valence-electron chi connectivity index (χ3n) is 2.81. The first-order valence-electron chi connectivity index (χ1n) is 5.81. The summed E-state index contributed by atoms with van der Waals surface area (Å²) in [5.41, 5.74) is 3.32. The van der Waals surface area contributed by atoms with Gasteiger partial charge in [-0.1, -0.05) is 23.7 Å². The summed E-state index contributed by atoms with van der Waals surface area (Å²) < 4.78 is 0.853. The van der Waals surface area contributed by atoms with Crippen LogP contribution in [0.2, 0.25) is 5.02 Å². The average molecular weight is 339 g/mol. The van der Waals surface area contributed by atoms with Gasteiger partial charge >= 0.3 is 0 Å². The molecular weight excluding hydrogens is 326 g/mol. The highest BCUT2D eigenvalue weighted by Crippen LogP contribution is 2.25. The molecule has 19 heavy (non-hydrogen) atoms. The first kappa shape index (κ1) is 14.1. The summed E-state index contributed by atoms with van der Waals surface area (Å²) in [5, 5.41) is 3.45. The first-order valence-corrected chi connectivity index (χ1v) is 6.98. The molecule has 0 bridgehead atoms. The van der Waals surface area contributed by atoms with Gasteiger partial charge in [-0.25, -0.2) is 0 Å². The number of rotatable bonds is 2. The number of nitrogens with one attached hydrogen (secondary N) is 1. The van der Waals surface area contributed by atoms with Gasteiger partial charge in [-0.15, -0.1) is 0 Å². The second-order valence-electron chi connectivity index (χ2n) is 4.40. The Labute approximate surface area is 125 Å². The van der Waals surface area contributed by atoms with Crippen molar-refractivity contribution in [2.24, 2.45) is 0 Å². The number of amides is 1. The van der Waals surface area contributed by atoms with Crippen molar-refractivity contribution in [3.63, 3.8) is 0 Å². The Morgan fingerprint density at radius 1 is 1.16 bits per heavy atom. The second-order valence-corrected chi connectivity index (χ2v) is 5.69. The van der Waals surface area contributed by atoms with Gasteiger partial charge in [-0.3, -0.25) is 4.79 Å². The molecule has 2 rings (SSSR count). The van der Waals surface area contributed by atoms with Gasteiger partial charge in [-0.05, 0) is 65.2 Å². The SMILES string of the molecule is Cc1ccc(Br)c(NC(=O)c2cc(Cl)ccc2C)c1. The molecule has 0 fully saturated rings. The third kappa shape index (κ3) is 3.37. The summed E-state index contributed by atoms with van der Waals surface area (Å²) in [6.45, 7) is 3.86. The largest absolute Gasteiger partial charge is 0.321 e. The van der Waals surface area contributed by atoms with Crippen molar-refractivity contribution in [3.8, 4) is 0 Å². The fraction of sp³-hybridized carbons (Fsp3) is 0.133. The Kier molecular flexibility index (Phi) is 4.27. The topological polar surface area (TPSA) is 29.1 Å². The maximum atomic E-state index is 12.3. The van der Waals surface area contributed by atoms with Crippen LogP contribution in [0.1, 0.15) is 21.5 Å². The number of hydrogen-bond acceptors (Lipinski definition) is 1. The van der Waals surface area contributed by atoms with Crippen LogP contribution in [0.3, 0.4) is 0 Å². The first-order chi connectivity index (χ1) is 8.97. The van der Waals surface area contributed by atoms with Gasteiger partial charge in [0, 0.05) is 15.1 Å². The van der Waals surface area contributed by atoms with E-state index >= 15 is 0 Å². The fourth-order valence-electron chi connectivity index (χ4n) is 1.76. The Bertz CT molecular complexity index is 640. The molecule has 0 radical (unpaired) electrons. The highest BCUT2D eigenvalue weighted by Gasteiger charge is 2.11. The Morgan fingerprint density at radius 3 is 2.63 bits per heavy atom. The number of aryl methyl sites for hydroxylation is 2. The molecule has 1 N–H and O–H groups in total. The van der Waals surface area contributed by atoms with Crippen LogP contribution in [0.4, 0.5) is 5.69 Å². The van der Waals surface area contributed by atoms with Gasteiger partial charge in [0.1, 0.15) is 0 Å². The van der Waals surface area contributed by atoms with E-state index in [1.54, 1.807) is 12.1 Å². The van der Waals surface area contributed by atoms with Crippen molar-refractivity contribution < 1.29 is 4.79 Å². The van der Waals surface area contributed by atoms with Crippen LogP contribution in [-0.4, -0.2) is 5.91 Å². The Balaban J connectivity index is 2.30. The summed E-state index contributed by atoms with van der Waals surface area (Å²) in [7, 11) is 0. The molecule has 98 valence electrons. The van der Waals surface area contributed by atoms with E-state index in [1.165, 1.54) is 0 Å². The van der Waals surface area contributed by atoms with Crippen molar-refractivity contribution >= 4 is 39.1 Å². The maximum Gasteiger partial charge on any atom is 0.256 e. The third-order valence-corrected chi connectivity index (χ3v) is 3.74. The molecule has 0 spiro atoms. The van der Waals surface area contributed by atoms with Crippen LogP contribution >= 0.6 is 27.5 Å². The predicted molar refractivity (Wildman–Crippen MR) is 83.0 cm³/mol. The molecule has 2 nitrogen and oxygen atoms in total. The molecule has 2 aromatic rings. The van der Waals surface area contributed by atoms with Crippen molar-refractivity contribution in [1.29, 1.82) is 0 Å². The Morgan fingerprint density at radius 2 is 1.89 bits per heavy atom. The maximum absolute atomic E-state index is 12.3. The van der Waals surface area contributed by atoms with Crippen molar-refractivity contribution in [3.05, 3.63) is 62.6 Å². The molecule has 2 aromatic carbocycles. The summed E-state index contributed by atoms with van der Waals surface area (Å²) in [6, 6.07) is 11.1. The lowest BCUT2D eigenvalue weighted by Gasteiger charge is -2.10. The van der Waals surface area contributed by atoms with E-state index in [4.69, 9.17) is 11.6 Å². The molecule has 0 aliphatic heterocycles. The molecule has 0 saturated heterocycles. The van der Waals surface area contributed by atoms with Crippen LogP contribution < -0.4 is 5.32 Å². The molecular formula is C15H13BrClNO. The van der Waals surface area contributed by atoms with Crippen LogP contribution in [0.25, 0.3) is 0 Å². The van der Waals surface area contributed by atoms with E-state index in [2.05, 4.69) is 21.2 Å². The summed E-state index contributed by atoms with van der Waals surface area (Å²) in [4.78, 5) is 12.3. The molecule has 0 aliphatic carbocycles. The number of anilines is 1. The van der Waals surface area contributed by atoms with Crippen LogP contribution in [0.5, 0.6) is 0 Å². The minimum Gasteiger partial charge on any atom is -0.321 e. The zero-order valence-electron chi connectivity index (χ0n) is 10.6. The molecule has 0 heterocycles. The van der Waals surface area contributed by atoms with Crippen LogP contribution in [0, 0.1) is 13.8 Å². The second kappa shape index (κ2) is 5.76. The quantitative estimate of drug-likeness (QED) is 0.823. The highest BCUT2D eigenvalue weighted by atomic mass is 79.9. The Hall–Kier alpha value is -1.32. The van der Waals surface area contributed by atoms with E-state index in [1.807, 2.05) is 38.1 Å². The van der Waals surface area contributed by atoms with E-state index < -0.39 is 0 Å². The van der Waals surface area contributed by atoms with Crippen molar-refractivity contribution in [2.75, 3.05) is 5.32 Å². The van der Waals surface area contributed by atoms with Crippen molar-refractivity contribution in [2.45, 2.75) is 13.8 Å². The zero-order chi connectivity index (χ0) is 14.0. The molecule has 0 aliphatic rings. The van der Waals surface area contributed by atoms with Crippen LogP contribution in [-0.2, 0) is 0 Å². The lowest BCUT2D eigenvalue weighted by Crippen LogP contribution is -2.13. The highest BCUT2D eigenvalue weighted by molar-refractivity contribution is 9.10. The van der Waals surface area contributed by atoms with Gasteiger partial charge < -0.3 is 5.32 Å². The van der Waals surface area contributed by atoms with E-state index in [0.717, 1.165) is 21.3 Å². The van der Waals surface area contributed by atoms with E-state index in [0.29, 0.717) is 10.6 Å². The minimum atomic E-state index is -0.161. The van der Waals surface area contributed by atoms with Gasteiger partial charge in [0.2, 0.25) is 0 Å². The standard InChI is InChI=1S/C15H13BrClNO/c1-9-3-6-13(16)14(7-9)18-15(19)12-8-11(17)5-4-10(12)2/h3-8H,1-2H3,(H,18,19). The summed E-state index contributed by atoms with van der Waals surface area (Å²) in [6.07, 6.45) is 0. The van der Waals surface area contributed by atoms with Gasteiger partial charge in [0.25, 0.3) is 5.91 Å². The molecule has 0 aromatic heterocycles. The van der Waals surface area contributed by atoms with Gasteiger partial charge in [0.15, 0.2) is 0 Å². The van der Waals surface area contributed by atoms with E-state index in [-0.39, 0.29) is 5.91 Å². The number of carbonyl (C=O) groups excluding carboxylic acids is 1.